The summed E-state index contributed by atoms with van der Waals surface area (Å²) in [7, 11) is 0. The number of non-ortho nitro benzene ring substituents is 1. The summed E-state index contributed by atoms with van der Waals surface area (Å²) >= 11 is 0. The molecule has 0 unspecified atom stereocenters. The molecule has 0 aliphatic heterocycles. The number of benzene rings is 2. The number of anilines is 1. The molecule has 3 N–H and O–H groups in total. The van der Waals surface area contributed by atoms with Crippen LogP contribution in [0.15, 0.2) is 39.9 Å². The fraction of sp³-hybridized carbons (Fsp3) is 0.167. The average molecular weight is 398 g/mol. The number of nitrogens with zero attached hydrogens (tertiary/aromatic N) is 3. The van der Waals surface area contributed by atoms with Crippen LogP contribution in [-0.2, 0) is 6.42 Å². The summed E-state index contributed by atoms with van der Waals surface area (Å²) in [6.07, 6.45) is 1.92. The van der Waals surface area contributed by atoms with Crippen molar-refractivity contribution in [1.82, 2.24) is 0 Å². The number of hydrogen-bond acceptors (Lipinski definition) is 9. The maximum absolute atomic E-state index is 11.3. The van der Waals surface area contributed by atoms with Crippen molar-refractivity contribution in [3.05, 3.63) is 61.9 Å². The minimum atomic E-state index is -0.726. The van der Waals surface area contributed by atoms with Gasteiger partial charge in [0.15, 0.2) is 11.5 Å². The first-order chi connectivity index (χ1) is 13.8. The number of hydrogen-bond donors (Lipinski definition) is 3. The molecule has 1 aliphatic carbocycles. The Morgan fingerprint density at radius 2 is 1.79 bits per heavy atom. The molecule has 0 fully saturated rings. The molecule has 0 radical (unpaired) electrons. The average Bonchev–Trinajstić information content (AvgIpc) is 3.04. The Hall–Kier alpha value is -4.15. The van der Waals surface area contributed by atoms with Crippen LogP contribution < -0.4 is 5.43 Å². The maximum Gasteiger partial charge on any atom is 0.301 e. The van der Waals surface area contributed by atoms with Gasteiger partial charge in [-0.1, -0.05) is 0 Å². The van der Waals surface area contributed by atoms with Crippen molar-refractivity contribution in [2.24, 2.45) is 5.10 Å². The standard InChI is InChI=1S/C18H14N4O7/c23-14-7-10-17(8-15(14)24)29-16-3-1-2-12(18(10)16)20-19-11-5-4-9(21(25)26)6-13(11)22(27)28/h4-8,19,23-24H,1-3H2/b20-12-. The fourth-order valence-corrected chi connectivity index (χ4v) is 3.32. The third-order valence-electron chi connectivity index (χ3n) is 4.66. The summed E-state index contributed by atoms with van der Waals surface area (Å²) in [5, 5.41) is 46.5. The minimum absolute atomic E-state index is 0.00788. The Morgan fingerprint density at radius 1 is 1.03 bits per heavy atom. The normalized spacial score (nSPS) is 14.7. The lowest BCUT2D eigenvalue weighted by atomic mass is 9.94. The number of rotatable bonds is 4. The number of aromatic hydroxyl groups is 2. The SMILES string of the molecule is O=[N+]([O-])c1ccc(N/N=C2/CCCc3oc4cc(O)c(O)cc4c32)c([N+](=O)[O-])c1. The quantitative estimate of drug-likeness (QED) is 0.339. The van der Waals surface area contributed by atoms with Crippen LogP contribution in [-0.4, -0.2) is 25.8 Å². The van der Waals surface area contributed by atoms with E-state index in [0.717, 1.165) is 18.6 Å². The Bertz CT molecular complexity index is 1200. The van der Waals surface area contributed by atoms with Gasteiger partial charge in [-0.15, -0.1) is 0 Å². The second-order valence-electron chi connectivity index (χ2n) is 6.48. The van der Waals surface area contributed by atoms with Gasteiger partial charge in [-0.05, 0) is 25.0 Å². The number of nitro groups is 2. The van der Waals surface area contributed by atoms with Crippen molar-refractivity contribution in [3.63, 3.8) is 0 Å². The summed E-state index contributed by atoms with van der Waals surface area (Å²) in [5.74, 6) is 0.0294. The molecular weight excluding hydrogens is 384 g/mol. The van der Waals surface area contributed by atoms with Gasteiger partial charge in [-0.3, -0.25) is 25.7 Å². The van der Waals surface area contributed by atoms with Crippen molar-refractivity contribution in [2.45, 2.75) is 19.3 Å². The summed E-state index contributed by atoms with van der Waals surface area (Å²) < 4.78 is 5.75. The van der Waals surface area contributed by atoms with E-state index in [1.54, 1.807) is 0 Å². The first kappa shape index (κ1) is 18.2. The summed E-state index contributed by atoms with van der Waals surface area (Å²) in [4.78, 5) is 20.7. The molecule has 0 amide bonds. The molecule has 2 aromatic carbocycles. The molecule has 1 heterocycles. The van der Waals surface area contributed by atoms with E-state index in [1.807, 2.05) is 0 Å². The zero-order valence-corrected chi connectivity index (χ0v) is 14.8. The first-order valence-corrected chi connectivity index (χ1v) is 8.58. The summed E-state index contributed by atoms with van der Waals surface area (Å²) in [6, 6.07) is 5.93. The predicted octanol–water partition coefficient (Wildman–Crippen LogP) is 3.81. The molecule has 11 heteroatoms. The number of aryl methyl sites for hydroxylation is 1. The number of nitrogens with one attached hydrogen (secondary N) is 1. The van der Waals surface area contributed by atoms with Crippen LogP contribution in [0.2, 0.25) is 0 Å². The molecule has 148 valence electrons. The molecular formula is C18H14N4O7. The molecule has 0 saturated heterocycles. The molecule has 0 spiro atoms. The van der Waals surface area contributed by atoms with E-state index in [9.17, 15) is 30.4 Å². The minimum Gasteiger partial charge on any atom is -0.504 e. The highest BCUT2D eigenvalue weighted by atomic mass is 16.6. The molecule has 3 aromatic rings. The second-order valence-corrected chi connectivity index (χ2v) is 6.48. The predicted molar refractivity (Wildman–Crippen MR) is 102 cm³/mol. The van der Waals surface area contributed by atoms with Gasteiger partial charge in [0.25, 0.3) is 5.69 Å². The van der Waals surface area contributed by atoms with Gasteiger partial charge in [0.1, 0.15) is 17.0 Å². The zero-order chi connectivity index (χ0) is 20.7. The van der Waals surface area contributed by atoms with Crippen molar-refractivity contribution >= 4 is 33.7 Å². The van der Waals surface area contributed by atoms with Gasteiger partial charge in [0.05, 0.1) is 21.6 Å². The van der Waals surface area contributed by atoms with E-state index in [1.165, 1.54) is 18.2 Å². The molecule has 0 saturated carbocycles. The summed E-state index contributed by atoms with van der Waals surface area (Å²) in [6.45, 7) is 0. The monoisotopic (exact) mass is 398 g/mol. The number of phenols is 2. The molecule has 29 heavy (non-hydrogen) atoms. The van der Waals surface area contributed by atoms with E-state index < -0.39 is 21.2 Å². The number of phenolic OH excluding ortho intramolecular Hbond substituents is 2. The number of hydrazone groups is 1. The smallest absolute Gasteiger partial charge is 0.301 e. The fourth-order valence-electron chi connectivity index (χ4n) is 3.32. The van der Waals surface area contributed by atoms with Gasteiger partial charge in [0.2, 0.25) is 0 Å². The van der Waals surface area contributed by atoms with E-state index >= 15 is 0 Å². The van der Waals surface area contributed by atoms with Gasteiger partial charge in [-0.25, -0.2) is 0 Å². The van der Waals surface area contributed by atoms with Crippen LogP contribution in [0.1, 0.15) is 24.2 Å². The van der Waals surface area contributed by atoms with Crippen LogP contribution in [0.3, 0.4) is 0 Å². The van der Waals surface area contributed by atoms with Crippen LogP contribution in [0.5, 0.6) is 11.5 Å². The Morgan fingerprint density at radius 3 is 2.52 bits per heavy atom. The molecule has 0 atom stereocenters. The zero-order valence-electron chi connectivity index (χ0n) is 14.8. The largest absolute Gasteiger partial charge is 0.504 e. The number of fused-ring (bicyclic) bond motifs is 3. The van der Waals surface area contributed by atoms with Crippen molar-refractivity contribution in [2.75, 3.05) is 5.43 Å². The third-order valence-corrected chi connectivity index (χ3v) is 4.66. The second kappa shape index (κ2) is 6.78. The highest BCUT2D eigenvalue weighted by molar-refractivity contribution is 6.12. The van der Waals surface area contributed by atoms with Gasteiger partial charge in [-0.2, -0.15) is 5.10 Å². The van der Waals surface area contributed by atoms with E-state index in [0.29, 0.717) is 40.8 Å². The van der Waals surface area contributed by atoms with Crippen molar-refractivity contribution in [1.29, 1.82) is 0 Å². The van der Waals surface area contributed by atoms with Crippen molar-refractivity contribution < 1.29 is 24.5 Å². The lowest BCUT2D eigenvalue weighted by Crippen LogP contribution is -2.12. The molecule has 1 aromatic heterocycles. The highest BCUT2D eigenvalue weighted by Crippen LogP contribution is 2.38. The lowest BCUT2D eigenvalue weighted by Gasteiger charge is -2.13. The topological polar surface area (TPSA) is 164 Å². The first-order valence-electron chi connectivity index (χ1n) is 8.58. The van der Waals surface area contributed by atoms with E-state index in [-0.39, 0.29) is 17.2 Å². The van der Waals surface area contributed by atoms with Gasteiger partial charge < -0.3 is 14.6 Å². The molecule has 11 nitrogen and oxygen atoms in total. The van der Waals surface area contributed by atoms with Crippen LogP contribution in [0, 0.1) is 20.2 Å². The van der Waals surface area contributed by atoms with E-state index in [2.05, 4.69) is 10.5 Å². The molecule has 1 aliphatic rings. The summed E-state index contributed by atoms with van der Waals surface area (Å²) in [5.41, 5.74) is 3.36. The van der Waals surface area contributed by atoms with Crippen LogP contribution in [0.4, 0.5) is 17.1 Å². The molecule has 4 rings (SSSR count). The Labute approximate surface area is 162 Å². The number of furan rings is 1. The maximum atomic E-state index is 11.3. The van der Waals surface area contributed by atoms with Crippen LogP contribution >= 0.6 is 0 Å². The Balaban J connectivity index is 1.76. The number of nitro benzene ring substituents is 2. The Kier molecular flexibility index (Phi) is 4.26. The highest BCUT2D eigenvalue weighted by Gasteiger charge is 2.25. The van der Waals surface area contributed by atoms with Gasteiger partial charge >= 0.3 is 5.69 Å². The van der Waals surface area contributed by atoms with Crippen LogP contribution in [0.25, 0.3) is 11.0 Å². The van der Waals surface area contributed by atoms with E-state index in [4.69, 9.17) is 4.42 Å². The third kappa shape index (κ3) is 3.18. The lowest BCUT2D eigenvalue weighted by molar-refractivity contribution is -0.393. The van der Waals surface area contributed by atoms with Gasteiger partial charge in [0, 0.05) is 29.5 Å². The molecule has 0 bridgehead atoms. The van der Waals surface area contributed by atoms with Crippen molar-refractivity contribution in [3.8, 4) is 11.5 Å².